The zero-order valence-electron chi connectivity index (χ0n) is 12.9. The number of hydrogen-bond acceptors (Lipinski definition) is 5. The lowest BCUT2D eigenvalue weighted by molar-refractivity contribution is 0.622. The normalized spacial score (nSPS) is 20.8. The Balaban J connectivity index is 1.73. The van der Waals surface area contributed by atoms with E-state index in [-0.39, 0.29) is 6.04 Å². The molecule has 3 heterocycles. The first kappa shape index (κ1) is 16.6. The van der Waals surface area contributed by atoms with Crippen molar-refractivity contribution in [3.63, 3.8) is 0 Å². The van der Waals surface area contributed by atoms with Gasteiger partial charge in [-0.3, -0.25) is 0 Å². The van der Waals surface area contributed by atoms with Crippen molar-refractivity contribution in [2.75, 3.05) is 5.32 Å². The summed E-state index contributed by atoms with van der Waals surface area (Å²) < 4.78 is 1.06. The number of thiophene rings is 2. The highest BCUT2D eigenvalue weighted by atomic mass is 35.5. The summed E-state index contributed by atoms with van der Waals surface area (Å²) in [6, 6.07) is 6.23. The van der Waals surface area contributed by atoms with E-state index in [0.29, 0.717) is 11.1 Å². The average molecular weight is 398 g/mol. The zero-order chi connectivity index (χ0) is 16.7. The molecular formula is C17H17Cl2N3S2. The number of nitrogens with zero attached hydrogens (tertiary/aromatic N) is 1. The highest BCUT2D eigenvalue weighted by Gasteiger charge is 2.30. The predicted octanol–water partition coefficient (Wildman–Crippen LogP) is 5.87. The van der Waals surface area contributed by atoms with Gasteiger partial charge in [0, 0.05) is 34.3 Å². The zero-order valence-corrected chi connectivity index (χ0v) is 16.0. The molecule has 1 aliphatic rings. The third kappa shape index (κ3) is 3.04. The van der Waals surface area contributed by atoms with Gasteiger partial charge in [0.1, 0.15) is 10.7 Å². The lowest BCUT2D eigenvalue weighted by Crippen LogP contribution is -2.22. The van der Waals surface area contributed by atoms with E-state index in [1.54, 1.807) is 22.7 Å². The second-order valence-corrected chi connectivity index (χ2v) is 8.93. The van der Waals surface area contributed by atoms with E-state index >= 15 is 0 Å². The first-order valence-electron chi connectivity index (χ1n) is 7.93. The van der Waals surface area contributed by atoms with E-state index < -0.39 is 0 Å². The molecule has 0 amide bonds. The molecule has 126 valence electrons. The number of rotatable bonds is 4. The number of aromatic nitrogens is 1. The average Bonchev–Trinajstić information content (AvgIpc) is 3.27. The van der Waals surface area contributed by atoms with Gasteiger partial charge in [-0.1, -0.05) is 35.7 Å². The van der Waals surface area contributed by atoms with Gasteiger partial charge in [-0.15, -0.1) is 22.7 Å². The van der Waals surface area contributed by atoms with Gasteiger partial charge in [0.15, 0.2) is 0 Å². The first-order chi connectivity index (χ1) is 11.6. The molecule has 0 unspecified atom stereocenters. The third-order valence-corrected chi connectivity index (χ3v) is 7.43. The lowest BCUT2D eigenvalue weighted by atomic mass is 10.0. The summed E-state index contributed by atoms with van der Waals surface area (Å²) in [6.07, 6.45) is 3.32. The Morgan fingerprint density at radius 1 is 1.33 bits per heavy atom. The van der Waals surface area contributed by atoms with E-state index in [4.69, 9.17) is 28.9 Å². The van der Waals surface area contributed by atoms with Crippen molar-refractivity contribution in [2.45, 2.75) is 37.8 Å². The van der Waals surface area contributed by atoms with E-state index in [2.05, 4.69) is 27.8 Å². The Morgan fingerprint density at radius 3 is 2.92 bits per heavy atom. The van der Waals surface area contributed by atoms with Gasteiger partial charge in [0.2, 0.25) is 0 Å². The molecule has 24 heavy (non-hydrogen) atoms. The molecule has 3 N–H and O–H groups in total. The molecule has 0 spiro atoms. The molecule has 1 aliphatic carbocycles. The second kappa shape index (κ2) is 6.81. The van der Waals surface area contributed by atoms with Crippen LogP contribution in [0.15, 0.2) is 23.6 Å². The number of halogens is 2. The van der Waals surface area contributed by atoms with Crippen LogP contribution >= 0.6 is 45.9 Å². The molecule has 3 nitrogen and oxygen atoms in total. The Morgan fingerprint density at radius 2 is 2.21 bits per heavy atom. The minimum absolute atomic E-state index is 0.188. The van der Waals surface area contributed by atoms with E-state index in [1.165, 1.54) is 4.88 Å². The van der Waals surface area contributed by atoms with Gasteiger partial charge in [-0.2, -0.15) is 0 Å². The molecule has 0 bridgehead atoms. The van der Waals surface area contributed by atoms with Crippen LogP contribution in [0.5, 0.6) is 0 Å². The summed E-state index contributed by atoms with van der Waals surface area (Å²) in [7, 11) is 0. The number of nitrogens with two attached hydrogens (primary N) is 1. The Kier molecular flexibility index (Phi) is 4.71. The Bertz CT molecular complexity index is 860. The third-order valence-electron chi connectivity index (χ3n) is 4.52. The van der Waals surface area contributed by atoms with Crippen LogP contribution in [0.1, 0.15) is 34.9 Å². The van der Waals surface area contributed by atoms with Crippen LogP contribution < -0.4 is 11.1 Å². The number of nitrogens with one attached hydrogen (secondary N) is 1. The molecule has 0 aliphatic heterocycles. The molecular weight excluding hydrogens is 381 g/mol. The maximum Gasteiger partial charge on any atom is 0.131 e. The predicted molar refractivity (Wildman–Crippen MR) is 106 cm³/mol. The second-order valence-electron chi connectivity index (χ2n) is 6.08. The van der Waals surface area contributed by atoms with Crippen LogP contribution in [0.3, 0.4) is 0 Å². The van der Waals surface area contributed by atoms with E-state index in [0.717, 1.165) is 51.6 Å². The van der Waals surface area contributed by atoms with Crippen LogP contribution in [0.2, 0.25) is 10.2 Å². The molecule has 7 heteroatoms. The first-order valence-corrected chi connectivity index (χ1v) is 10.4. The molecule has 0 saturated heterocycles. The van der Waals surface area contributed by atoms with Crippen molar-refractivity contribution in [3.8, 4) is 0 Å². The van der Waals surface area contributed by atoms with Crippen molar-refractivity contribution in [2.24, 2.45) is 5.73 Å². The van der Waals surface area contributed by atoms with Gasteiger partial charge in [-0.25, -0.2) is 4.98 Å². The van der Waals surface area contributed by atoms with Crippen molar-refractivity contribution in [3.05, 3.63) is 43.5 Å². The summed E-state index contributed by atoms with van der Waals surface area (Å²) >= 11 is 16.3. The molecule has 3 aromatic rings. The van der Waals surface area contributed by atoms with Crippen LogP contribution in [0, 0.1) is 0 Å². The number of pyridine rings is 1. The monoisotopic (exact) mass is 397 g/mol. The number of anilines is 1. The highest BCUT2D eigenvalue weighted by molar-refractivity contribution is 7.20. The molecule has 3 aromatic heterocycles. The quantitative estimate of drug-likeness (QED) is 0.540. The molecule has 4 rings (SSSR count). The molecule has 2 atom stereocenters. The topological polar surface area (TPSA) is 50.9 Å². The largest absolute Gasteiger partial charge is 0.379 e. The number of hydrogen-bond donors (Lipinski definition) is 2. The van der Waals surface area contributed by atoms with Crippen LogP contribution in [0.25, 0.3) is 10.2 Å². The van der Waals surface area contributed by atoms with Gasteiger partial charge in [0.05, 0.1) is 15.4 Å². The van der Waals surface area contributed by atoms with Crippen LogP contribution in [-0.4, -0.2) is 11.0 Å². The minimum Gasteiger partial charge on any atom is -0.379 e. The summed E-state index contributed by atoms with van der Waals surface area (Å²) in [4.78, 5) is 6.90. The number of fused-ring (bicyclic) bond motifs is 1. The van der Waals surface area contributed by atoms with Crippen molar-refractivity contribution >= 4 is 61.8 Å². The van der Waals surface area contributed by atoms with Gasteiger partial charge in [0.25, 0.3) is 0 Å². The van der Waals surface area contributed by atoms with Crippen LogP contribution in [-0.2, 0) is 6.54 Å². The summed E-state index contributed by atoms with van der Waals surface area (Å²) in [6.45, 7) is 0.765. The maximum atomic E-state index is 6.65. The van der Waals surface area contributed by atoms with E-state index in [1.807, 2.05) is 6.07 Å². The SMILES string of the molecule is N[C@@H]1CCC[C@@H]1c1sc2c(NCc3cccs3)cc(Cl)nc2c1Cl. The standard InChI is InChI=1S/C17H17Cl2N3S2/c18-13-7-12(21-8-9-3-2-6-23-9)17-15(22-13)14(19)16(24-17)10-4-1-5-11(10)20/h2-3,6-7,10-11H,1,4-5,8,20H2,(H,21,22)/t10-,11+/m0/s1. The molecule has 1 saturated carbocycles. The fourth-order valence-electron chi connectivity index (χ4n) is 3.31. The highest BCUT2D eigenvalue weighted by Crippen LogP contribution is 2.47. The summed E-state index contributed by atoms with van der Waals surface area (Å²) in [5, 5.41) is 6.73. The van der Waals surface area contributed by atoms with Gasteiger partial charge >= 0.3 is 0 Å². The van der Waals surface area contributed by atoms with Crippen LogP contribution in [0.4, 0.5) is 5.69 Å². The maximum absolute atomic E-state index is 6.65. The molecule has 0 radical (unpaired) electrons. The van der Waals surface area contributed by atoms with Gasteiger partial charge in [-0.05, 0) is 24.3 Å². The van der Waals surface area contributed by atoms with Crippen molar-refractivity contribution in [1.82, 2.24) is 4.98 Å². The Hall–Kier alpha value is -0.850. The summed E-state index contributed by atoms with van der Waals surface area (Å²) in [5.41, 5.74) is 8.06. The fraction of sp³-hybridized carbons (Fsp3) is 0.353. The summed E-state index contributed by atoms with van der Waals surface area (Å²) in [5.74, 6) is 0.334. The molecule has 0 aromatic carbocycles. The van der Waals surface area contributed by atoms with Gasteiger partial charge < -0.3 is 11.1 Å². The molecule has 1 fully saturated rings. The van der Waals surface area contributed by atoms with Crippen molar-refractivity contribution in [1.29, 1.82) is 0 Å². The lowest BCUT2D eigenvalue weighted by Gasteiger charge is -2.13. The van der Waals surface area contributed by atoms with E-state index in [9.17, 15) is 0 Å². The van der Waals surface area contributed by atoms with Crippen molar-refractivity contribution < 1.29 is 0 Å². The minimum atomic E-state index is 0.188. The smallest absolute Gasteiger partial charge is 0.131 e. The Labute approximate surface area is 158 Å². The fourth-order valence-corrected chi connectivity index (χ4v) is 5.93.